The topological polar surface area (TPSA) is 12.0 Å². The van der Waals surface area contributed by atoms with Crippen LogP contribution in [0.3, 0.4) is 0 Å². The molecule has 0 amide bonds. The molecule has 1 saturated heterocycles. The molecule has 1 aliphatic rings. The molecule has 62 valence electrons. The number of terminal acetylenes is 1. The van der Waals surface area contributed by atoms with Crippen molar-refractivity contribution in [2.24, 2.45) is 5.92 Å². The van der Waals surface area contributed by atoms with E-state index < -0.39 is 0 Å². The fourth-order valence-electron chi connectivity index (χ4n) is 1.35. The zero-order valence-electron chi connectivity index (χ0n) is 6.81. The molecule has 11 heavy (non-hydrogen) atoms. The summed E-state index contributed by atoms with van der Waals surface area (Å²) in [6, 6.07) is 0. The minimum Gasteiger partial charge on any atom is -0.316 e. The molecule has 0 aromatic carbocycles. The molecule has 0 aromatic heterocycles. The molecule has 0 aromatic rings. The lowest BCUT2D eigenvalue weighted by Crippen LogP contribution is -2.30. The second-order valence-electron chi connectivity index (χ2n) is 2.93. The van der Waals surface area contributed by atoms with Gasteiger partial charge in [-0.15, -0.1) is 18.2 Å². The van der Waals surface area contributed by atoms with Crippen LogP contribution in [0.4, 0.5) is 0 Å². The van der Waals surface area contributed by atoms with Crippen molar-refractivity contribution in [3.63, 3.8) is 0 Å². The van der Waals surface area contributed by atoms with Gasteiger partial charge in [0.05, 0.1) is 5.75 Å². The smallest absolute Gasteiger partial charge is 0.0544 e. The van der Waals surface area contributed by atoms with Crippen LogP contribution in [0.2, 0.25) is 0 Å². The van der Waals surface area contributed by atoms with Crippen LogP contribution in [0.5, 0.6) is 0 Å². The molecule has 0 spiro atoms. The Kier molecular flexibility index (Phi) is 4.49. The van der Waals surface area contributed by atoms with E-state index >= 15 is 0 Å². The average Bonchev–Trinajstić information content (AvgIpc) is 2.07. The third-order valence-electron chi connectivity index (χ3n) is 1.94. The minimum atomic E-state index is 0.863. The molecule has 1 fully saturated rings. The molecule has 1 aliphatic heterocycles. The number of thioether (sulfide) groups is 1. The highest BCUT2D eigenvalue weighted by atomic mass is 32.2. The van der Waals surface area contributed by atoms with E-state index in [4.69, 9.17) is 6.42 Å². The quantitative estimate of drug-likeness (QED) is 0.505. The minimum absolute atomic E-state index is 0.863. The number of hydrogen-bond acceptors (Lipinski definition) is 2. The second-order valence-corrected chi connectivity index (χ2v) is 3.96. The molecule has 2 heteroatoms. The van der Waals surface area contributed by atoms with Gasteiger partial charge in [-0.2, -0.15) is 0 Å². The van der Waals surface area contributed by atoms with Crippen molar-refractivity contribution in [1.29, 1.82) is 0 Å². The van der Waals surface area contributed by atoms with Crippen molar-refractivity contribution >= 4 is 11.8 Å². The van der Waals surface area contributed by atoms with Crippen molar-refractivity contribution in [3.05, 3.63) is 0 Å². The highest BCUT2D eigenvalue weighted by molar-refractivity contribution is 7.99. The molecule has 0 radical (unpaired) electrons. The van der Waals surface area contributed by atoms with Gasteiger partial charge in [-0.3, -0.25) is 0 Å². The molecule has 0 bridgehead atoms. The molecule has 1 unspecified atom stereocenters. The maximum absolute atomic E-state index is 5.16. The summed E-state index contributed by atoms with van der Waals surface area (Å²) in [5.74, 6) is 5.62. The Hall–Kier alpha value is -0.130. The van der Waals surface area contributed by atoms with Gasteiger partial charge >= 0.3 is 0 Å². The summed E-state index contributed by atoms with van der Waals surface area (Å²) in [4.78, 5) is 0. The fourth-order valence-corrected chi connectivity index (χ4v) is 2.20. The first-order valence-electron chi connectivity index (χ1n) is 4.15. The monoisotopic (exact) mass is 169 g/mol. The van der Waals surface area contributed by atoms with E-state index in [9.17, 15) is 0 Å². The summed E-state index contributed by atoms with van der Waals surface area (Å²) >= 11 is 1.88. The van der Waals surface area contributed by atoms with Gasteiger partial charge < -0.3 is 5.32 Å². The van der Waals surface area contributed by atoms with E-state index in [1.54, 1.807) is 0 Å². The van der Waals surface area contributed by atoms with Crippen LogP contribution in [-0.4, -0.2) is 24.6 Å². The number of rotatable bonds is 3. The van der Waals surface area contributed by atoms with Gasteiger partial charge in [0.1, 0.15) is 0 Å². The average molecular weight is 169 g/mol. The lowest BCUT2D eigenvalue weighted by molar-refractivity contribution is 0.410. The largest absolute Gasteiger partial charge is 0.316 e. The van der Waals surface area contributed by atoms with Crippen LogP contribution < -0.4 is 5.32 Å². The zero-order chi connectivity index (χ0) is 7.94. The van der Waals surface area contributed by atoms with Crippen molar-refractivity contribution in [3.8, 4) is 12.3 Å². The Morgan fingerprint density at radius 3 is 3.18 bits per heavy atom. The fraction of sp³-hybridized carbons (Fsp3) is 0.778. The van der Waals surface area contributed by atoms with Gasteiger partial charge in [0.15, 0.2) is 0 Å². The third-order valence-corrected chi connectivity index (χ3v) is 3.02. The maximum atomic E-state index is 5.16. The molecular formula is C9H15NS. The number of hydrogen-bond donors (Lipinski definition) is 1. The molecule has 0 saturated carbocycles. The van der Waals surface area contributed by atoms with E-state index in [-0.39, 0.29) is 0 Å². The third kappa shape index (κ3) is 3.69. The SMILES string of the molecule is C#CCSCC1CCCNC1. The van der Waals surface area contributed by atoms with Crippen LogP contribution in [0.25, 0.3) is 0 Å². The lowest BCUT2D eigenvalue weighted by atomic mass is 10.0. The van der Waals surface area contributed by atoms with Crippen molar-refractivity contribution in [1.82, 2.24) is 5.32 Å². The van der Waals surface area contributed by atoms with Crippen LogP contribution in [0.15, 0.2) is 0 Å². The van der Waals surface area contributed by atoms with Gasteiger partial charge in [0.2, 0.25) is 0 Å². The Morgan fingerprint density at radius 1 is 1.64 bits per heavy atom. The van der Waals surface area contributed by atoms with E-state index in [2.05, 4.69) is 11.2 Å². The Balaban J connectivity index is 2.01. The normalized spacial score (nSPS) is 24.5. The van der Waals surface area contributed by atoms with Crippen LogP contribution in [-0.2, 0) is 0 Å². The molecule has 1 nitrogen and oxygen atoms in total. The summed E-state index contributed by atoms with van der Waals surface area (Å²) in [5.41, 5.74) is 0. The van der Waals surface area contributed by atoms with E-state index in [1.807, 2.05) is 11.8 Å². The first-order chi connectivity index (χ1) is 5.43. The number of piperidine rings is 1. The lowest BCUT2D eigenvalue weighted by Gasteiger charge is -2.21. The predicted molar refractivity (Wildman–Crippen MR) is 51.8 cm³/mol. The Morgan fingerprint density at radius 2 is 2.55 bits per heavy atom. The van der Waals surface area contributed by atoms with Gasteiger partial charge in [0, 0.05) is 0 Å². The molecular weight excluding hydrogens is 154 g/mol. The molecule has 0 aliphatic carbocycles. The highest BCUT2D eigenvalue weighted by Gasteiger charge is 2.11. The van der Waals surface area contributed by atoms with Crippen LogP contribution in [0.1, 0.15) is 12.8 Å². The van der Waals surface area contributed by atoms with Crippen molar-refractivity contribution < 1.29 is 0 Å². The molecule has 1 atom stereocenters. The van der Waals surface area contributed by atoms with Crippen molar-refractivity contribution in [2.45, 2.75) is 12.8 Å². The molecule has 1 rings (SSSR count). The highest BCUT2D eigenvalue weighted by Crippen LogP contribution is 2.15. The zero-order valence-corrected chi connectivity index (χ0v) is 7.62. The summed E-state index contributed by atoms with van der Waals surface area (Å²) in [7, 11) is 0. The first-order valence-corrected chi connectivity index (χ1v) is 5.31. The van der Waals surface area contributed by atoms with E-state index in [1.165, 1.54) is 31.7 Å². The molecule has 1 heterocycles. The van der Waals surface area contributed by atoms with E-state index in [0.717, 1.165) is 11.7 Å². The Bertz CT molecular complexity index is 133. The summed E-state index contributed by atoms with van der Waals surface area (Å²) in [6.07, 6.45) is 7.87. The molecule has 1 N–H and O–H groups in total. The predicted octanol–water partition coefficient (Wildman–Crippen LogP) is 1.35. The number of nitrogens with one attached hydrogen (secondary N) is 1. The summed E-state index contributed by atoms with van der Waals surface area (Å²) in [5, 5.41) is 3.40. The van der Waals surface area contributed by atoms with Gasteiger partial charge in [-0.1, -0.05) is 5.92 Å². The standard InChI is InChI=1S/C9H15NS/c1-2-6-11-8-9-4-3-5-10-7-9/h1,9-10H,3-8H2. The summed E-state index contributed by atoms with van der Waals surface area (Å²) < 4.78 is 0. The van der Waals surface area contributed by atoms with E-state index in [0.29, 0.717) is 0 Å². The second kappa shape index (κ2) is 5.51. The van der Waals surface area contributed by atoms with Gasteiger partial charge in [-0.05, 0) is 37.6 Å². The summed E-state index contributed by atoms with van der Waals surface area (Å²) in [6.45, 7) is 2.40. The van der Waals surface area contributed by atoms with Crippen molar-refractivity contribution in [2.75, 3.05) is 24.6 Å². The van der Waals surface area contributed by atoms with Crippen LogP contribution in [0, 0.1) is 18.3 Å². The van der Waals surface area contributed by atoms with Gasteiger partial charge in [0.25, 0.3) is 0 Å². The Labute approximate surface area is 73.3 Å². The maximum Gasteiger partial charge on any atom is 0.0544 e. The first kappa shape index (κ1) is 8.96. The van der Waals surface area contributed by atoms with Crippen LogP contribution >= 0.6 is 11.8 Å². The van der Waals surface area contributed by atoms with Gasteiger partial charge in [-0.25, -0.2) is 0 Å².